The van der Waals surface area contributed by atoms with Gasteiger partial charge in [-0.1, -0.05) is 26.0 Å². The summed E-state index contributed by atoms with van der Waals surface area (Å²) in [7, 11) is 0. The molecular formula is C15H20FNO. The van der Waals surface area contributed by atoms with E-state index in [0.29, 0.717) is 29.9 Å². The zero-order chi connectivity index (χ0) is 13.1. The van der Waals surface area contributed by atoms with E-state index in [0.717, 1.165) is 10.6 Å². The molecule has 2 atom stereocenters. The van der Waals surface area contributed by atoms with Crippen molar-refractivity contribution in [1.82, 2.24) is 4.98 Å². The average molecular weight is 249 g/mol. The van der Waals surface area contributed by atoms with Crippen LogP contribution in [0.25, 0.3) is 12.2 Å². The Bertz CT molecular complexity index is 538. The lowest BCUT2D eigenvalue weighted by atomic mass is 10.1. The predicted molar refractivity (Wildman–Crippen MR) is 71.3 cm³/mol. The second kappa shape index (κ2) is 5.51. The summed E-state index contributed by atoms with van der Waals surface area (Å²) in [5.41, 5.74) is 0.704. The monoisotopic (exact) mass is 249 g/mol. The molecule has 1 aromatic heterocycles. The maximum atomic E-state index is 13.0. The minimum absolute atomic E-state index is 0.452. The van der Waals surface area contributed by atoms with Crippen LogP contribution in [0.3, 0.4) is 0 Å². The van der Waals surface area contributed by atoms with Crippen molar-refractivity contribution in [2.45, 2.75) is 33.9 Å². The molecule has 0 saturated heterocycles. The first-order valence-electron chi connectivity index (χ1n) is 6.74. The summed E-state index contributed by atoms with van der Waals surface area (Å²) < 4.78 is 18.3. The highest BCUT2D eigenvalue weighted by Gasteiger charge is 2.35. The van der Waals surface area contributed by atoms with Gasteiger partial charge in [-0.3, -0.25) is 0 Å². The number of nitrogens with zero attached hydrogens (tertiary/aromatic N) is 1. The number of halogens is 1. The van der Waals surface area contributed by atoms with Crippen LogP contribution in [0.15, 0.2) is 6.07 Å². The van der Waals surface area contributed by atoms with Crippen molar-refractivity contribution in [2.24, 2.45) is 11.8 Å². The fourth-order valence-electron chi connectivity index (χ4n) is 2.29. The standard InChI is InChI=1S/C13H14FNO.C2H6/c1-2-16-13-6-10(7-14)11-4-8-3-9(8)5-12(11)15-13;1-2/h4-6,8-9H,2-3,7H2,1H3;1-2H3. The highest BCUT2D eigenvalue weighted by molar-refractivity contribution is 5.50. The molecule has 0 spiro atoms. The number of alkyl halides is 1. The zero-order valence-electron chi connectivity index (χ0n) is 11.2. The highest BCUT2D eigenvalue weighted by atomic mass is 19.1. The van der Waals surface area contributed by atoms with Crippen LogP contribution in [-0.2, 0) is 6.67 Å². The summed E-state index contributed by atoms with van der Waals surface area (Å²) in [6.45, 7) is 6.02. The molecule has 0 radical (unpaired) electrons. The minimum Gasteiger partial charge on any atom is -0.478 e. The first-order chi connectivity index (χ1) is 8.81. The summed E-state index contributed by atoms with van der Waals surface area (Å²) in [6.07, 6.45) is 5.51. The van der Waals surface area contributed by atoms with Crippen LogP contribution in [0.1, 0.15) is 32.8 Å². The predicted octanol–water partition coefficient (Wildman–Crippen LogP) is 2.19. The number of hydrogen-bond acceptors (Lipinski definition) is 2. The van der Waals surface area contributed by atoms with Gasteiger partial charge in [0.2, 0.25) is 5.88 Å². The van der Waals surface area contributed by atoms with Crippen LogP contribution in [0, 0.1) is 11.8 Å². The zero-order valence-corrected chi connectivity index (χ0v) is 11.2. The van der Waals surface area contributed by atoms with Crippen molar-refractivity contribution in [3.63, 3.8) is 0 Å². The van der Waals surface area contributed by atoms with Gasteiger partial charge >= 0.3 is 0 Å². The molecule has 1 aromatic rings. The van der Waals surface area contributed by atoms with E-state index < -0.39 is 6.67 Å². The SMILES string of the molecule is CC.CCOc1cc(CF)c2c(n1)=CC1CC1C=2. The molecule has 0 aromatic carbocycles. The third-order valence-corrected chi connectivity index (χ3v) is 3.23. The van der Waals surface area contributed by atoms with Crippen molar-refractivity contribution in [1.29, 1.82) is 0 Å². The molecular weight excluding hydrogens is 229 g/mol. The first kappa shape index (κ1) is 13.1. The molecule has 0 amide bonds. The fourth-order valence-corrected chi connectivity index (χ4v) is 2.29. The second-order valence-electron chi connectivity index (χ2n) is 4.38. The Morgan fingerprint density at radius 3 is 2.72 bits per heavy atom. The summed E-state index contributed by atoms with van der Waals surface area (Å²) >= 11 is 0. The first-order valence-corrected chi connectivity index (χ1v) is 6.74. The largest absolute Gasteiger partial charge is 0.478 e. The van der Waals surface area contributed by atoms with E-state index >= 15 is 0 Å². The Hall–Kier alpha value is -1.38. The molecule has 2 nitrogen and oxygen atoms in total. The van der Waals surface area contributed by atoms with E-state index in [-0.39, 0.29) is 0 Å². The summed E-state index contributed by atoms with van der Waals surface area (Å²) in [5.74, 6) is 1.79. The van der Waals surface area contributed by atoms with Gasteiger partial charge in [0.1, 0.15) is 6.67 Å². The van der Waals surface area contributed by atoms with E-state index in [9.17, 15) is 4.39 Å². The molecule has 18 heavy (non-hydrogen) atoms. The fraction of sp³-hybridized carbons (Fsp3) is 0.533. The Balaban J connectivity index is 0.000000574. The van der Waals surface area contributed by atoms with Gasteiger partial charge in [0.15, 0.2) is 0 Å². The number of aromatic nitrogens is 1. The van der Waals surface area contributed by atoms with E-state index in [1.807, 2.05) is 20.8 Å². The van der Waals surface area contributed by atoms with Gasteiger partial charge in [-0.2, -0.15) is 0 Å². The van der Waals surface area contributed by atoms with E-state index in [4.69, 9.17) is 4.74 Å². The van der Waals surface area contributed by atoms with Crippen molar-refractivity contribution < 1.29 is 9.13 Å². The molecule has 1 saturated carbocycles. The third kappa shape index (κ3) is 2.40. The molecule has 1 heterocycles. The van der Waals surface area contributed by atoms with Gasteiger partial charge in [-0.25, -0.2) is 9.37 Å². The quantitative estimate of drug-likeness (QED) is 0.819. The number of fused-ring (bicyclic) bond motifs is 2. The number of rotatable bonds is 3. The Morgan fingerprint density at radius 2 is 2.06 bits per heavy atom. The molecule has 2 aliphatic rings. The van der Waals surface area contributed by atoms with Gasteiger partial charge in [-0.05, 0) is 30.7 Å². The van der Waals surface area contributed by atoms with Gasteiger partial charge in [0, 0.05) is 11.3 Å². The van der Waals surface area contributed by atoms with Crippen molar-refractivity contribution >= 4 is 12.2 Å². The molecule has 3 rings (SSSR count). The molecule has 0 bridgehead atoms. The van der Waals surface area contributed by atoms with Crippen molar-refractivity contribution in [2.75, 3.05) is 6.61 Å². The molecule has 3 heteroatoms. The van der Waals surface area contributed by atoms with Crippen molar-refractivity contribution in [3.8, 4) is 5.88 Å². The summed E-state index contributed by atoms with van der Waals surface area (Å²) in [4.78, 5) is 4.41. The molecule has 2 aliphatic carbocycles. The summed E-state index contributed by atoms with van der Waals surface area (Å²) in [6, 6.07) is 1.72. The lowest BCUT2D eigenvalue weighted by molar-refractivity contribution is 0.324. The van der Waals surface area contributed by atoms with Crippen LogP contribution in [0.2, 0.25) is 0 Å². The van der Waals surface area contributed by atoms with Crippen LogP contribution < -0.4 is 15.3 Å². The van der Waals surface area contributed by atoms with Crippen LogP contribution in [-0.4, -0.2) is 11.6 Å². The van der Waals surface area contributed by atoms with E-state index in [1.165, 1.54) is 6.42 Å². The van der Waals surface area contributed by atoms with Gasteiger partial charge < -0.3 is 4.74 Å². The average Bonchev–Trinajstić information content (AvgIpc) is 3.16. The summed E-state index contributed by atoms with van der Waals surface area (Å²) in [5, 5.41) is 1.88. The topological polar surface area (TPSA) is 22.1 Å². The van der Waals surface area contributed by atoms with E-state index in [2.05, 4.69) is 17.1 Å². The van der Waals surface area contributed by atoms with Crippen LogP contribution >= 0.6 is 0 Å². The highest BCUT2D eigenvalue weighted by Crippen LogP contribution is 2.41. The number of hydrogen-bond donors (Lipinski definition) is 0. The smallest absolute Gasteiger partial charge is 0.214 e. The lowest BCUT2D eigenvalue weighted by Crippen LogP contribution is -2.34. The van der Waals surface area contributed by atoms with Gasteiger partial charge in [0.25, 0.3) is 0 Å². The number of ether oxygens (including phenoxy) is 1. The van der Waals surface area contributed by atoms with Crippen LogP contribution in [0.5, 0.6) is 5.88 Å². The molecule has 0 aliphatic heterocycles. The second-order valence-corrected chi connectivity index (χ2v) is 4.38. The number of pyridine rings is 1. The minimum atomic E-state index is -0.452. The Labute approximate surface area is 107 Å². The third-order valence-electron chi connectivity index (χ3n) is 3.23. The Morgan fingerprint density at radius 1 is 1.33 bits per heavy atom. The normalized spacial score (nSPS) is 22.4. The maximum absolute atomic E-state index is 13.0. The molecule has 98 valence electrons. The van der Waals surface area contributed by atoms with E-state index in [1.54, 1.807) is 6.07 Å². The molecule has 0 N–H and O–H groups in total. The molecule has 1 fully saturated rings. The van der Waals surface area contributed by atoms with Crippen LogP contribution in [0.4, 0.5) is 4.39 Å². The molecule has 2 unspecified atom stereocenters. The lowest BCUT2D eigenvalue weighted by Gasteiger charge is -2.07. The Kier molecular flexibility index (Phi) is 4.00. The maximum Gasteiger partial charge on any atom is 0.214 e. The van der Waals surface area contributed by atoms with Crippen molar-refractivity contribution in [3.05, 3.63) is 22.2 Å². The van der Waals surface area contributed by atoms with Gasteiger partial charge in [-0.15, -0.1) is 0 Å². The van der Waals surface area contributed by atoms with Gasteiger partial charge in [0.05, 0.1) is 12.0 Å².